The molecule has 7 aliphatic rings. The Bertz CT molecular complexity index is 1850. The van der Waals surface area contributed by atoms with Gasteiger partial charge in [-0.1, -0.05) is 65.0 Å². The van der Waals surface area contributed by atoms with Crippen LogP contribution < -0.4 is 10.1 Å². The van der Waals surface area contributed by atoms with Crippen LogP contribution in [0, 0.1) is 56.7 Å². The summed E-state index contributed by atoms with van der Waals surface area (Å²) in [7, 11) is -2.53. The number of ether oxygens (including phenoxy) is 2. The number of nitrogens with one attached hydrogen (secondary N) is 1. The molecule has 1 aromatic heterocycles. The first-order valence-corrected chi connectivity index (χ1v) is 25.6. The lowest BCUT2D eigenvalue weighted by molar-refractivity contribution is -0.221. The van der Waals surface area contributed by atoms with Crippen LogP contribution >= 0.6 is 10.6 Å². The van der Waals surface area contributed by atoms with Crippen molar-refractivity contribution in [1.82, 2.24) is 10.3 Å². The Morgan fingerprint density at radius 1 is 0.917 bits per heavy atom. The number of esters is 1. The fourth-order valence-corrected chi connectivity index (χ4v) is 17.4. The first-order chi connectivity index (χ1) is 28.3. The van der Waals surface area contributed by atoms with E-state index in [1.807, 2.05) is 25.1 Å². The molecule has 0 spiro atoms. The molecule has 334 valence electrons. The van der Waals surface area contributed by atoms with Gasteiger partial charge in [0.1, 0.15) is 12.0 Å². The summed E-state index contributed by atoms with van der Waals surface area (Å²) < 4.78 is 32.2. The van der Waals surface area contributed by atoms with Crippen molar-refractivity contribution in [3.63, 3.8) is 0 Å². The Labute approximate surface area is 363 Å². The zero-order chi connectivity index (χ0) is 43.0. The molecule has 0 amide bonds. The van der Waals surface area contributed by atoms with E-state index in [0.29, 0.717) is 85.7 Å². The Morgan fingerprint density at radius 3 is 2.35 bits per heavy atom. The molecule has 2 heterocycles. The summed E-state index contributed by atoms with van der Waals surface area (Å²) in [6, 6.07) is 5.63. The molecule has 0 bridgehead atoms. The van der Waals surface area contributed by atoms with Gasteiger partial charge in [0.25, 0.3) is 0 Å². The van der Waals surface area contributed by atoms with Crippen LogP contribution in [-0.4, -0.2) is 67.6 Å². The molecule has 9 heteroatoms. The normalized spacial score (nSPS) is 41.9. The molecule has 8 rings (SSSR count). The maximum Gasteiger partial charge on any atom is 0.315 e. The monoisotopic (exact) mass is 847 g/mol. The number of carbonyl (C=O) groups excluding carboxylic acids is 1. The molecule has 5 fully saturated rings. The Hall–Kier alpha value is -2.17. The minimum absolute atomic E-state index is 0.0218. The average molecular weight is 847 g/mol. The summed E-state index contributed by atoms with van der Waals surface area (Å²) in [4.78, 5) is 17.9. The molecule has 1 saturated heterocycles. The van der Waals surface area contributed by atoms with Crippen LogP contribution in [0.25, 0.3) is 0 Å². The van der Waals surface area contributed by atoms with Crippen molar-refractivity contribution in [3.05, 3.63) is 59.8 Å². The number of aliphatic hydroxyl groups is 1. The molecule has 4 saturated carbocycles. The zero-order valence-electron chi connectivity index (χ0n) is 38.1. The first-order valence-electron chi connectivity index (χ1n) is 23.7. The predicted octanol–water partition coefficient (Wildman–Crippen LogP) is 11.3. The second-order valence-corrected chi connectivity index (χ2v) is 24.8. The minimum Gasteiger partial charge on any atom is -0.476 e. The number of rotatable bonds is 11. The number of nitrogens with zero attached hydrogens (tertiary/aromatic N) is 1. The molecule has 1 aliphatic heterocycles. The van der Waals surface area contributed by atoms with E-state index in [1.54, 1.807) is 6.20 Å². The summed E-state index contributed by atoms with van der Waals surface area (Å²) in [5.41, 5.74) is 3.52. The minimum atomic E-state index is -2.53. The summed E-state index contributed by atoms with van der Waals surface area (Å²) in [6.45, 7) is 23.3. The van der Waals surface area contributed by atoms with Gasteiger partial charge in [0.05, 0.1) is 12.2 Å². The van der Waals surface area contributed by atoms with Gasteiger partial charge in [-0.2, -0.15) is 10.6 Å². The molecular weight excluding hydrogens is 769 g/mol. The Morgan fingerprint density at radius 2 is 1.68 bits per heavy atom. The van der Waals surface area contributed by atoms with Crippen LogP contribution in [0.1, 0.15) is 145 Å². The van der Waals surface area contributed by atoms with E-state index >= 15 is 0 Å². The highest BCUT2D eigenvalue weighted by atomic mass is 32.3. The predicted molar refractivity (Wildman–Crippen MR) is 243 cm³/mol. The highest BCUT2D eigenvalue weighted by Gasteiger charge is 2.70. The van der Waals surface area contributed by atoms with Crippen LogP contribution in [0.3, 0.4) is 0 Å². The van der Waals surface area contributed by atoms with Gasteiger partial charge in [-0.3, -0.25) is 13.9 Å². The number of pyridine rings is 1. The van der Waals surface area contributed by atoms with Gasteiger partial charge in [-0.05, 0) is 185 Å². The van der Waals surface area contributed by atoms with E-state index in [0.717, 1.165) is 19.4 Å². The fourth-order valence-electron chi connectivity index (χ4n) is 15.8. The standard InChI is InChI=1S/C51H78N2O6S/c1-9-58-44(54)49(34-59-42-12-10-11-30-52-42)22-15-36(16-23-49)38-18-20-46(6)40(45(38,4)5)19-21-48(8)41(46)14-13-39-43-37(35(2)3)17-24-51(43,26-25-47(39,48)7)53-31-27-50(55)28-32-60(56,57)33-29-50/h10-12,15,18,30,37,39-41,43,53,55-57H,2,9,13-14,16-17,19-29,31-34H2,1,3-8H3/t37-,39+,40-,41+,43+,46-,47+,48+,49?,51-/m0/s1. The van der Waals surface area contributed by atoms with E-state index in [2.05, 4.69) is 70.6 Å². The smallest absolute Gasteiger partial charge is 0.315 e. The highest BCUT2D eigenvalue weighted by Crippen LogP contribution is 2.76. The van der Waals surface area contributed by atoms with E-state index in [9.17, 15) is 19.0 Å². The van der Waals surface area contributed by atoms with Crippen LogP contribution in [0.4, 0.5) is 0 Å². The van der Waals surface area contributed by atoms with Gasteiger partial charge in [0.15, 0.2) is 0 Å². The third kappa shape index (κ3) is 7.28. The van der Waals surface area contributed by atoms with Crippen LogP contribution in [-0.2, 0) is 9.53 Å². The summed E-state index contributed by atoms with van der Waals surface area (Å²) >= 11 is 0. The number of carbonyl (C=O) groups is 1. The number of allylic oxidation sites excluding steroid dienone is 5. The number of hydrogen-bond donors (Lipinski definition) is 4. The second kappa shape index (κ2) is 15.8. The number of hydrogen-bond acceptors (Lipinski definition) is 8. The molecule has 6 aliphatic carbocycles. The summed E-state index contributed by atoms with van der Waals surface area (Å²) in [5.74, 6) is 3.96. The molecule has 60 heavy (non-hydrogen) atoms. The van der Waals surface area contributed by atoms with Crippen molar-refractivity contribution >= 4 is 16.6 Å². The topological polar surface area (TPSA) is 121 Å². The fraction of sp³-hybridized carbons (Fsp3) is 0.765. The zero-order valence-corrected chi connectivity index (χ0v) is 38.9. The van der Waals surface area contributed by atoms with Gasteiger partial charge in [0.2, 0.25) is 5.88 Å². The molecule has 0 radical (unpaired) electrons. The van der Waals surface area contributed by atoms with E-state index in [4.69, 9.17) is 9.47 Å². The SMILES string of the molecule is C=C(C)[C@@H]1CC[C@]2(NCCC3(O)CCS(O)(O)CC3)CC[C@]3(C)[C@H](CC[C@@H]4[C@@]5(C)CC=C(C6=CCC(COc7ccccn7)(C(=O)OCC)CC6)C(C)(C)[C@@H]5CC[C@]43C)[C@@H]12. The molecule has 1 aromatic rings. The highest BCUT2D eigenvalue weighted by molar-refractivity contribution is 8.24. The van der Waals surface area contributed by atoms with Crippen molar-refractivity contribution < 1.29 is 28.5 Å². The molecule has 8 nitrogen and oxygen atoms in total. The maximum atomic E-state index is 13.5. The maximum absolute atomic E-state index is 13.5. The van der Waals surface area contributed by atoms with E-state index < -0.39 is 21.6 Å². The Kier molecular flexibility index (Phi) is 11.7. The first kappa shape index (κ1) is 44.4. The van der Waals surface area contributed by atoms with E-state index in [-0.39, 0.29) is 39.8 Å². The van der Waals surface area contributed by atoms with Crippen LogP contribution in [0.15, 0.2) is 59.8 Å². The average Bonchev–Trinajstić information content (AvgIpc) is 3.59. The third-order valence-corrected chi connectivity index (χ3v) is 21.0. The quantitative estimate of drug-likeness (QED) is 0.128. The lowest BCUT2D eigenvalue weighted by Gasteiger charge is -2.72. The van der Waals surface area contributed by atoms with Crippen molar-refractivity contribution in [3.8, 4) is 5.88 Å². The van der Waals surface area contributed by atoms with Crippen LogP contribution in [0.2, 0.25) is 0 Å². The van der Waals surface area contributed by atoms with Gasteiger partial charge in [-0.25, -0.2) is 4.98 Å². The van der Waals surface area contributed by atoms with Gasteiger partial charge in [-0.15, -0.1) is 0 Å². The molecule has 1 unspecified atom stereocenters. The van der Waals surface area contributed by atoms with Crippen molar-refractivity contribution in [2.75, 3.05) is 31.3 Å². The number of aromatic nitrogens is 1. The molecule has 10 atom stereocenters. The largest absolute Gasteiger partial charge is 0.476 e. The lowest BCUT2D eigenvalue weighted by atomic mass is 9.33. The van der Waals surface area contributed by atoms with E-state index in [1.165, 1.54) is 68.1 Å². The lowest BCUT2D eigenvalue weighted by Crippen LogP contribution is -2.68. The van der Waals surface area contributed by atoms with Gasteiger partial charge < -0.3 is 19.9 Å². The molecule has 4 N–H and O–H groups in total. The van der Waals surface area contributed by atoms with Crippen LogP contribution in [0.5, 0.6) is 5.88 Å². The van der Waals surface area contributed by atoms with Gasteiger partial charge in [0, 0.05) is 29.3 Å². The molecule has 0 aromatic carbocycles. The summed E-state index contributed by atoms with van der Waals surface area (Å²) in [6.07, 6.45) is 21.5. The van der Waals surface area contributed by atoms with Gasteiger partial charge >= 0.3 is 5.97 Å². The van der Waals surface area contributed by atoms with Crippen molar-refractivity contribution in [2.24, 2.45) is 56.7 Å². The number of fused-ring (bicyclic) bond motifs is 7. The Balaban J connectivity index is 1.01. The van der Waals surface area contributed by atoms with Crippen molar-refractivity contribution in [2.45, 2.75) is 156 Å². The summed E-state index contributed by atoms with van der Waals surface area (Å²) in [5, 5.41) is 15.6. The van der Waals surface area contributed by atoms with Crippen molar-refractivity contribution in [1.29, 1.82) is 0 Å². The second-order valence-electron chi connectivity index (χ2n) is 22.4. The third-order valence-electron chi connectivity index (χ3n) is 19.3. The molecular formula is C51H78N2O6S.